The van der Waals surface area contributed by atoms with Gasteiger partial charge in [-0.25, -0.2) is 4.79 Å². The van der Waals surface area contributed by atoms with E-state index in [1.807, 2.05) is 13.8 Å². The lowest BCUT2D eigenvalue weighted by Crippen LogP contribution is -2.76. The lowest BCUT2D eigenvalue weighted by Gasteiger charge is -2.68. The third-order valence-electron chi connectivity index (χ3n) is 13.0. The fourth-order valence-electron chi connectivity index (χ4n) is 11.0. The number of carbonyl (C=O) groups excluding carboxylic acids is 1. The average Bonchev–Trinajstić information content (AvgIpc) is 3.59. The Morgan fingerprint density at radius 1 is 1.02 bits per heavy atom. The van der Waals surface area contributed by atoms with Crippen molar-refractivity contribution in [3.8, 4) is 0 Å². The topological polar surface area (TPSA) is 185 Å². The molecule has 3 aliphatic heterocycles. The number of ether oxygens (including phenoxy) is 5. The summed E-state index contributed by atoms with van der Waals surface area (Å²) < 4.78 is 29.3. The molecule has 15 unspecified atom stereocenters. The summed E-state index contributed by atoms with van der Waals surface area (Å²) in [5.74, 6) is -2.72. The van der Waals surface area contributed by atoms with Crippen molar-refractivity contribution in [2.75, 3.05) is 13.2 Å². The number of esters is 1. The van der Waals surface area contributed by atoms with Crippen molar-refractivity contribution < 1.29 is 59.1 Å². The van der Waals surface area contributed by atoms with Crippen LogP contribution in [0.25, 0.3) is 0 Å². The van der Waals surface area contributed by atoms with Crippen LogP contribution in [0, 0.1) is 28.6 Å². The predicted octanol–water partition coefficient (Wildman–Crippen LogP) is 0.283. The maximum absolute atomic E-state index is 12.5. The van der Waals surface area contributed by atoms with Crippen molar-refractivity contribution in [1.29, 1.82) is 0 Å². The van der Waals surface area contributed by atoms with Gasteiger partial charge in [0.1, 0.15) is 24.9 Å². The van der Waals surface area contributed by atoms with Crippen molar-refractivity contribution in [3.05, 3.63) is 11.6 Å². The molecule has 0 radical (unpaired) electrons. The summed E-state index contributed by atoms with van der Waals surface area (Å²) in [5, 5.41) is 70.7. The number of rotatable bonds is 4. The molecule has 4 saturated carbocycles. The molecule has 0 amide bonds. The van der Waals surface area contributed by atoms with E-state index in [0.717, 1.165) is 5.57 Å². The van der Waals surface area contributed by atoms with E-state index in [2.05, 4.69) is 0 Å². The van der Waals surface area contributed by atoms with Gasteiger partial charge in [-0.3, -0.25) is 0 Å². The molecular formula is C32H48O12. The molecule has 2 saturated heterocycles. The zero-order valence-electron chi connectivity index (χ0n) is 25.9. The number of hydrogen-bond donors (Lipinski definition) is 6. The van der Waals surface area contributed by atoms with E-state index in [0.29, 0.717) is 19.3 Å². The fourth-order valence-corrected chi connectivity index (χ4v) is 11.0. The third kappa shape index (κ3) is 4.15. The molecule has 248 valence electrons. The molecule has 4 aliphatic carbocycles. The average molecular weight is 625 g/mol. The molecule has 12 heteroatoms. The van der Waals surface area contributed by atoms with Gasteiger partial charge >= 0.3 is 5.97 Å². The molecule has 7 aliphatic rings. The second-order valence-electron chi connectivity index (χ2n) is 15.4. The van der Waals surface area contributed by atoms with Crippen LogP contribution in [0.4, 0.5) is 0 Å². The minimum atomic E-state index is -1.62. The molecule has 7 rings (SSSR count). The van der Waals surface area contributed by atoms with Gasteiger partial charge in [0, 0.05) is 30.3 Å². The zero-order chi connectivity index (χ0) is 31.6. The summed E-state index contributed by atoms with van der Waals surface area (Å²) >= 11 is 0. The number of fused-ring (bicyclic) bond motifs is 6. The first kappa shape index (κ1) is 31.4. The van der Waals surface area contributed by atoms with Gasteiger partial charge in [0.2, 0.25) is 0 Å². The maximum Gasteiger partial charge on any atom is 0.331 e. The van der Waals surface area contributed by atoms with Crippen molar-refractivity contribution in [2.24, 2.45) is 28.6 Å². The van der Waals surface area contributed by atoms with E-state index < -0.39 is 101 Å². The SMILES string of the molecule is CC1OC(OC2CC(O)C3(CO)C4C(O)CC5(C)C(C6=CC(=O)OC6)CCC5(O)C4CCC3(O)C2)C(O)C2OC(C)(C)OC12. The number of cyclic esters (lactones) is 1. The first-order chi connectivity index (χ1) is 20.6. The molecule has 15 atom stereocenters. The summed E-state index contributed by atoms with van der Waals surface area (Å²) in [6.45, 7) is 6.91. The van der Waals surface area contributed by atoms with Gasteiger partial charge in [-0.1, -0.05) is 6.92 Å². The van der Waals surface area contributed by atoms with Crippen LogP contribution < -0.4 is 0 Å². The van der Waals surface area contributed by atoms with Gasteiger partial charge < -0.3 is 54.3 Å². The monoisotopic (exact) mass is 624 g/mol. The van der Waals surface area contributed by atoms with Crippen LogP contribution in [0.1, 0.15) is 72.6 Å². The van der Waals surface area contributed by atoms with Gasteiger partial charge in [-0.15, -0.1) is 0 Å². The first-order valence-electron chi connectivity index (χ1n) is 16.2. The van der Waals surface area contributed by atoms with E-state index in [1.165, 1.54) is 6.08 Å². The van der Waals surface area contributed by atoms with Gasteiger partial charge in [-0.2, -0.15) is 0 Å². The Bertz CT molecular complexity index is 1210. The Kier molecular flexibility index (Phi) is 7.25. The minimum absolute atomic E-state index is 0.0291. The normalized spacial score (nSPS) is 56.3. The first-order valence-corrected chi connectivity index (χ1v) is 16.2. The second-order valence-corrected chi connectivity index (χ2v) is 15.4. The van der Waals surface area contributed by atoms with Crippen LogP contribution in [0.2, 0.25) is 0 Å². The van der Waals surface area contributed by atoms with E-state index >= 15 is 0 Å². The van der Waals surface area contributed by atoms with Crippen LogP contribution in [0.15, 0.2) is 11.6 Å². The van der Waals surface area contributed by atoms with Gasteiger partial charge in [0.05, 0.1) is 47.6 Å². The largest absolute Gasteiger partial charge is 0.458 e. The number of aliphatic hydroxyl groups is 6. The third-order valence-corrected chi connectivity index (χ3v) is 13.0. The molecule has 0 aromatic rings. The molecule has 0 aromatic heterocycles. The summed E-state index contributed by atoms with van der Waals surface area (Å²) in [4.78, 5) is 11.9. The highest BCUT2D eigenvalue weighted by Gasteiger charge is 2.75. The summed E-state index contributed by atoms with van der Waals surface area (Å²) in [6, 6.07) is 0. The van der Waals surface area contributed by atoms with Gasteiger partial charge in [0.15, 0.2) is 12.1 Å². The van der Waals surface area contributed by atoms with E-state index in [-0.39, 0.29) is 38.2 Å². The molecule has 12 nitrogen and oxygen atoms in total. The van der Waals surface area contributed by atoms with Crippen molar-refractivity contribution >= 4 is 5.97 Å². The van der Waals surface area contributed by atoms with Crippen LogP contribution in [0.3, 0.4) is 0 Å². The molecule has 0 aromatic carbocycles. The van der Waals surface area contributed by atoms with Crippen LogP contribution in [0.5, 0.6) is 0 Å². The molecule has 6 N–H and O–H groups in total. The molecule has 0 bridgehead atoms. The molecule has 0 spiro atoms. The number of carbonyl (C=O) groups is 1. The number of hydrogen-bond acceptors (Lipinski definition) is 12. The Labute approximate surface area is 257 Å². The maximum atomic E-state index is 12.5. The lowest BCUT2D eigenvalue weighted by molar-refractivity contribution is -0.337. The standard InChI is InChI=1S/C32H48O12/c1-15-25-26(44-28(2,3)43-25)24(37)27(41-15)42-17-10-21(35)31(14-33)23-19(5-7-30(31,38)11-17)32(39)8-6-18(16-9-22(36)40-13-16)29(32,4)12-20(23)34/h9,15,17-21,23-27,33-35,37-39H,5-8,10-14H2,1-4H3. The van der Waals surface area contributed by atoms with Gasteiger partial charge in [-0.05, 0) is 70.3 Å². The van der Waals surface area contributed by atoms with Crippen molar-refractivity contribution in [1.82, 2.24) is 0 Å². The van der Waals surface area contributed by atoms with E-state index in [1.54, 1.807) is 13.8 Å². The molecule has 3 heterocycles. The summed E-state index contributed by atoms with van der Waals surface area (Å²) in [6.07, 6.45) is -3.49. The van der Waals surface area contributed by atoms with Crippen molar-refractivity contribution in [3.63, 3.8) is 0 Å². The van der Waals surface area contributed by atoms with Crippen molar-refractivity contribution in [2.45, 2.75) is 139 Å². The smallest absolute Gasteiger partial charge is 0.331 e. The highest BCUT2D eigenvalue weighted by molar-refractivity contribution is 5.85. The van der Waals surface area contributed by atoms with Crippen LogP contribution in [-0.4, -0.2) is 116 Å². The van der Waals surface area contributed by atoms with E-state index in [9.17, 15) is 35.4 Å². The van der Waals surface area contributed by atoms with Crippen LogP contribution in [-0.2, 0) is 28.5 Å². The summed E-state index contributed by atoms with van der Waals surface area (Å²) in [5.41, 5.74) is -4.30. The fraction of sp³-hybridized carbons (Fsp3) is 0.906. The highest BCUT2D eigenvalue weighted by Crippen LogP contribution is 2.70. The van der Waals surface area contributed by atoms with E-state index in [4.69, 9.17) is 23.7 Å². The summed E-state index contributed by atoms with van der Waals surface area (Å²) in [7, 11) is 0. The quantitative estimate of drug-likeness (QED) is 0.186. The Morgan fingerprint density at radius 2 is 1.75 bits per heavy atom. The lowest BCUT2D eigenvalue weighted by atomic mass is 9.40. The molecule has 44 heavy (non-hydrogen) atoms. The Morgan fingerprint density at radius 3 is 2.43 bits per heavy atom. The predicted molar refractivity (Wildman–Crippen MR) is 150 cm³/mol. The Balaban J connectivity index is 1.14. The highest BCUT2D eigenvalue weighted by atomic mass is 16.8. The minimum Gasteiger partial charge on any atom is -0.458 e. The number of aliphatic hydroxyl groups excluding tert-OH is 4. The molecule has 6 fully saturated rings. The van der Waals surface area contributed by atoms with Gasteiger partial charge in [0.25, 0.3) is 0 Å². The Hall–Kier alpha value is -1.19. The molecular weight excluding hydrogens is 576 g/mol. The zero-order valence-corrected chi connectivity index (χ0v) is 25.9. The van der Waals surface area contributed by atoms with Crippen LogP contribution >= 0.6 is 0 Å². The second kappa shape index (κ2) is 10.2.